The summed E-state index contributed by atoms with van der Waals surface area (Å²) in [6.45, 7) is 5.89. The van der Waals surface area contributed by atoms with Gasteiger partial charge in [0, 0.05) is 39.8 Å². The van der Waals surface area contributed by atoms with Gasteiger partial charge in [-0.1, -0.05) is 11.6 Å². The second kappa shape index (κ2) is 5.85. The molecular weight excluding hydrogens is 316 g/mol. The summed E-state index contributed by atoms with van der Waals surface area (Å²) in [6.07, 6.45) is 1.39. The van der Waals surface area contributed by atoms with Crippen LogP contribution >= 0.6 is 11.6 Å². The van der Waals surface area contributed by atoms with Crippen LogP contribution in [0.15, 0.2) is 11.4 Å². The van der Waals surface area contributed by atoms with Gasteiger partial charge < -0.3 is 9.67 Å². The van der Waals surface area contributed by atoms with Crippen molar-refractivity contribution in [3.05, 3.63) is 11.5 Å². The molecule has 2 rings (SSSR count). The number of halogens is 1. The Morgan fingerprint density at radius 1 is 1.33 bits per heavy atom. The Bertz CT molecular complexity index is 601. The third kappa shape index (κ3) is 3.75. The quantitative estimate of drug-likeness (QED) is 0.847. The van der Waals surface area contributed by atoms with Gasteiger partial charge in [0.05, 0.1) is 11.9 Å². The molecule has 1 fully saturated rings. The first-order valence-electron chi connectivity index (χ1n) is 6.73. The van der Waals surface area contributed by atoms with Gasteiger partial charge in [0.15, 0.2) is 0 Å². The van der Waals surface area contributed by atoms with Crippen LogP contribution in [0.4, 0.5) is 0 Å². The molecule has 0 radical (unpaired) electrons. The smallest absolute Gasteiger partial charge is 0.263 e. The second-order valence-corrected chi connectivity index (χ2v) is 8.16. The average molecular weight is 337 g/mol. The third-order valence-corrected chi connectivity index (χ3v) is 5.75. The number of rotatable bonds is 4. The Morgan fingerprint density at radius 2 is 1.90 bits per heavy atom. The molecule has 0 bridgehead atoms. The molecule has 0 spiro atoms. The van der Waals surface area contributed by atoms with Crippen LogP contribution < -0.4 is 0 Å². The van der Waals surface area contributed by atoms with E-state index in [2.05, 4.69) is 4.98 Å². The number of aromatic nitrogens is 2. The minimum absolute atomic E-state index is 0.0948. The highest BCUT2D eigenvalue weighted by molar-refractivity contribution is 7.89. The van der Waals surface area contributed by atoms with Gasteiger partial charge in [-0.05, 0) is 13.8 Å². The molecule has 21 heavy (non-hydrogen) atoms. The van der Waals surface area contributed by atoms with Crippen molar-refractivity contribution < 1.29 is 13.5 Å². The molecule has 1 aromatic rings. The Balaban J connectivity index is 2.06. The van der Waals surface area contributed by atoms with Crippen LogP contribution in [-0.2, 0) is 17.1 Å². The highest BCUT2D eigenvalue weighted by atomic mass is 35.5. The summed E-state index contributed by atoms with van der Waals surface area (Å²) in [7, 11) is -2.01. The van der Waals surface area contributed by atoms with Crippen molar-refractivity contribution in [3.8, 4) is 0 Å². The van der Waals surface area contributed by atoms with E-state index in [9.17, 15) is 13.5 Å². The molecule has 0 amide bonds. The number of sulfonamides is 1. The number of β-amino-alcohol motifs (C(OH)–C–C–N with tert-alkyl or cyclic N) is 1. The lowest BCUT2D eigenvalue weighted by atomic mass is 10.1. The molecule has 1 N–H and O–H groups in total. The van der Waals surface area contributed by atoms with Crippen LogP contribution in [-0.4, -0.2) is 70.6 Å². The third-order valence-electron chi connectivity index (χ3n) is 3.36. The lowest BCUT2D eigenvalue weighted by Gasteiger charge is -2.36. The summed E-state index contributed by atoms with van der Waals surface area (Å²) < 4.78 is 27.9. The Kier molecular flexibility index (Phi) is 4.65. The molecular formula is C12H21ClN4O3S. The minimum atomic E-state index is -3.66. The van der Waals surface area contributed by atoms with Crippen molar-refractivity contribution in [1.82, 2.24) is 18.8 Å². The lowest BCUT2D eigenvalue weighted by molar-refractivity contribution is 0.0263. The molecule has 0 aromatic carbocycles. The van der Waals surface area contributed by atoms with Crippen LogP contribution in [0.25, 0.3) is 0 Å². The van der Waals surface area contributed by atoms with E-state index in [4.69, 9.17) is 11.6 Å². The fraction of sp³-hybridized carbons (Fsp3) is 0.750. The van der Waals surface area contributed by atoms with Crippen LogP contribution in [0.2, 0.25) is 5.15 Å². The number of imidazole rings is 1. The van der Waals surface area contributed by atoms with Crippen molar-refractivity contribution in [2.75, 3.05) is 32.7 Å². The Morgan fingerprint density at radius 3 is 2.33 bits per heavy atom. The number of aliphatic hydroxyl groups is 1. The van der Waals surface area contributed by atoms with E-state index in [1.165, 1.54) is 15.2 Å². The van der Waals surface area contributed by atoms with Gasteiger partial charge in [-0.3, -0.25) is 4.90 Å². The number of piperazine rings is 1. The zero-order valence-electron chi connectivity index (χ0n) is 12.5. The maximum Gasteiger partial charge on any atom is 0.263 e. The molecule has 0 saturated carbocycles. The second-order valence-electron chi connectivity index (χ2n) is 5.94. The summed E-state index contributed by atoms with van der Waals surface area (Å²) in [6, 6.07) is 0. The number of hydrogen-bond acceptors (Lipinski definition) is 5. The van der Waals surface area contributed by atoms with Gasteiger partial charge in [-0.25, -0.2) is 13.4 Å². The first-order chi connectivity index (χ1) is 9.61. The van der Waals surface area contributed by atoms with Gasteiger partial charge in [-0.2, -0.15) is 4.31 Å². The zero-order valence-corrected chi connectivity index (χ0v) is 14.0. The summed E-state index contributed by atoms with van der Waals surface area (Å²) in [4.78, 5) is 5.94. The van der Waals surface area contributed by atoms with Crippen LogP contribution in [0.1, 0.15) is 13.8 Å². The van der Waals surface area contributed by atoms with Gasteiger partial charge in [0.2, 0.25) is 5.03 Å². The fourth-order valence-electron chi connectivity index (χ4n) is 2.36. The van der Waals surface area contributed by atoms with Crippen LogP contribution in [0.5, 0.6) is 0 Å². The van der Waals surface area contributed by atoms with E-state index >= 15 is 0 Å². The minimum Gasteiger partial charge on any atom is -0.389 e. The predicted molar refractivity (Wildman–Crippen MR) is 79.7 cm³/mol. The molecule has 0 atom stereocenters. The highest BCUT2D eigenvalue weighted by Crippen LogP contribution is 2.23. The topological polar surface area (TPSA) is 78.7 Å². The SMILES string of the molecule is Cn1cnc(S(=O)(=O)N2CCN(CC(C)(C)O)CC2)c1Cl. The molecule has 2 heterocycles. The number of hydrogen-bond donors (Lipinski definition) is 1. The molecule has 1 aliphatic rings. The number of aryl methyl sites for hydroxylation is 1. The fourth-order valence-corrected chi connectivity index (χ4v) is 4.18. The van der Waals surface area contributed by atoms with Crippen molar-refractivity contribution in [2.45, 2.75) is 24.5 Å². The summed E-state index contributed by atoms with van der Waals surface area (Å²) in [5, 5.41) is 9.83. The lowest BCUT2D eigenvalue weighted by Crippen LogP contribution is -2.51. The average Bonchev–Trinajstić information content (AvgIpc) is 2.69. The van der Waals surface area contributed by atoms with E-state index < -0.39 is 15.6 Å². The summed E-state index contributed by atoms with van der Waals surface area (Å²) in [5.74, 6) is 0. The van der Waals surface area contributed by atoms with Crippen molar-refractivity contribution in [1.29, 1.82) is 0 Å². The van der Waals surface area contributed by atoms with Crippen molar-refractivity contribution in [2.24, 2.45) is 7.05 Å². The van der Waals surface area contributed by atoms with E-state index in [0.717, 1.165) is 0 Å². The monoisotopic (exact) mass is 336 g/mol. The van der Waals surface area contributed by atoms with Crippen molar-refractivity contribution in [3.63, 3.8) is 0 Å². The van der Waals surface area contributed by atoms with E-state index in [1.807, 2.05) is 4.90 Å². The van der Waals surface area contributed by atoms with Gasteiger partial charge in [0.1, 0.15) is 5.15 Å². The predicted octanol–water partition coefficient (Wildman–Crippen LogP) is 0.151. The van der Waals surface area contributed by atoms with Gasteiger partial charge >= 0.3 is 0 Å². The standard InChI is InChI=1S/C12H21ClN4O3S/c1-12(2,18)8-16-4-6-17(7-5-16)21(19,20)11-10(13)15(3)9-14-11/h9,18H,4-8H2,1-3H3. The van der Waals surface area contributed by atoms with Crippen LogP contribution in [0, 0.1) is 0 Å². The van der Waals surface area contributed by atoms with E-state index in [-0.39, 0.29) is 10.2 Å². The molecule has 120 valence electrons. The molecule has 1 aromatic heterocycles. The van der Waals surface area contributed by atoms with Crippen LogP contribution in [0.3, 0.4) is 0 Å². The van der Waals surface area contributed by atoms with Gasteiger partial charge in [-0.15, -0.1) is 0 Å². The maximum atomic E-state index is 12.5. The maximum absolute atomic E-state index is 12.5. The van der Waals surface area contributed by atoms with Crippen molar-refractivity contribution >= 4 is 21.6 Å². The van der Waals surface area contributed by atoms with Gasteiger partial charge in [0.25, 0.3) is 10.0 Å². The Hall–Kier alpha value is -0.670. The Labute approximate surface area is 130 Å². The molecule has 1 aliphatic heterocycles. The van der Waals surface area contributed by atoms with E-state index in [1.54, 1.807) is 20.9 Å². The largest absolute Gasteiger partial charge is 0.389 e. The first-order valence-corrected chi connectivity index (χ1v) is 8.55. The zero-order chi connectivity index (χ0) is 15.8. The van der Waals surface area contributed by atoms with E-state index in [0.29, 0.717) is 32.7 Å². The molecule has 0 unspecified atom stereocenters. The first kappa shape index (κ1) is 16.7. The highest BCUT2D eigenvalue weighted by Gasteiger charge is 2.33. The molecule has 7 nitrogen and oxygen atoms in total. The summed E-state index contributed by atoms with van der Waals surface area (Å²) in [5.41, 5.74) is -0.786. The summed E-state index contributed by atoms with van der Waals surface area (Å²) >= 11 is 5.98. The number of nitrogens with zero attached hydrogens (tertiary/aromatic N) is 4. The molecule has 1 saturated heterocycles. The normalized spacial score (nSPS) is 19.1. The molecule has 9 heteroatoms. The molecule has 0 aliphatic carbocycles.